The predicted molar refractivity (Wildman–Crippen MR) is 52.8 cm³/mol. The molecule has 2 rings (SSSR count). The lowest BCUT2D eigenvalue weighted by Gasteiger charge is -2.22. The normalized spacial score (nSPS) is 20.2. The SMILES string of the molecule is CCC1CCc2c(F)ccc(F)c2C1=O. The van der Waals surface area contributed by atoms with E-state index in [0.29, 0.717) is 19.3 Å². The molecule has 0 bridgehead atoms. The number of fused-ring (bicyclic) bond motifs is 1. The van der Waals surface area contributed by atoms with Gasteiger partial charge in [-0.3, -0.25) is 4.79 Å². The smallest absolute Gasteiger partial charge is 0.169 e. The first-order valence-electron chi connectivity index (χ1n) is 5.16. The molecule has 1 aliphatic carbocycles. The van der Waals surface area contributed by atoms with Crippen LogP contribution in [0.4, 0.5) is 8.78 Å². The molecule has 1 aromatic rings. The van der Waals surface area contributed by atoms with Crippen LogP contribution in [0, 0.1) is 17.6 Å². The molecule has 0 N–H and O–H groups in total. The Morgan fingerprint density at radius 3 is 2.67 bits per heavy atom. The summed E-state index contributed by atoms with van der Waals surface area (Å²) >= 11 is 0. The summed E-state index contributed by atoms with van der Waals surface area (Å²) in [6.45, 7) is 1.89. The summed E-state index contributed by atoms with van der Waals surface area (Å²) in [5, 5.41) is 0. The number of benzene rings is 1. The van der Waals surface area contributed by atoms with Gasteiger partial charge >= 0.3 is 0 Å². The molecule has 1 aromatic carbocycles. The summed E-state index contributed by atoms with van der Waals surface area (Å²) in [4.78, 5) is 11.8. The van der Waals surface area contributed by atoms with Crippen molar-refractivity contribution in [2.45, 2.75) is 26.2 Å². The second-order valence-electron chi connectivity index (χ2n) is 3.89. The highest BCUT2D eigenvalue weighted by molar-refractivity contribution is 6.00. The van der Waals surface area contributed by atoms with Crippen molar-refractivity contribution in [3.8, 4) is 0 Å². The number of rotatable bonds is 1. The van der Waals surface area contributed by atoms with Gasteiger partial charge in [-0.05, 0) is 31.4 Å². The molecule has 0 spiro atoms. The molecule has 0 saturated heterocycles. The highest BCUT2D eigenvalue weighted by atomic mass is 19.1. The summed E-state index contributed by atoms with van der Waals surface area (Å²) in [5.74, 6) is -1.44. The van der Waals surface area contributed by atoms with E-state index in [0.717, 1.165) is 12.1 Å². The lowest BCUT2D eigenvalue weighted by molar-refractivity contribution is 0.0892. The number of hydrogen-bond donors (Lipinski definition) is 0. The lowest BCUT2D eigenvalue weighted by atomic mass is 9.81. The molecule has 1 aliphatic rings. The number of ketones is 1. The summed E-state index contributed by atoms with van der Waals surface area (Å²) in [6, 6.07) is 2.12. The number of carbonyl (C=O) groups excluding carboxylic acids is 1. The Bertz CT molecular complexity index is 412. The van der Waals surface area contributed by atoms with E-state index in [4.69, 9.17) is 0 Å². The van der Waals surface area contributed by atoms with Gasteiger partial charge in [0.05, 0.1) is 5.56 Å². The van der Waals surface area contributed by atoms with Crippen molar-refractivity contribution in [3.05, 3.63) is 34.9 Å². The average molecular weight is 210 g/mol. The van der Waals surface area contributed by atoms with Gasteiger partial charge in [0, 0.05) is 11.5 Å². The zero-order chi connectivity index (χ0) is 11.0. The number of Topliss-reactive ketones (excluding diaryl/α,β-unsaturated/α-hetero) is 1. The first-order chi connectivity index (χ1) is 7.15. The Morgan fingerprint density at radius 1 is 1.33 bits per heavy atom. The van der Waals surface area contributed by atoms with Gasteiger partial charge < -0.3 is 0 Å². The summed E-state index contributed by atoms with van der Waals surface area (Å²) in [5.41, 5.74) is 0.234. The van der Waals surface area contributed by atoms with Crippen LogP contribution in [0.2, 0.25) is 0 Å². The van der Waals surface area contributed by atoms with Crippen LogP contribution in [-0.2, 0) is 6.42 Å². The van der Waals surface area contributed by atoms with Gasteiger partial charge in [-0.2, -0.15) is 0 Å². The standard InChI is InChI=1S/C12H12F2O/c1-2-7-3-4-8-9(13)5-6-10(14)11(8)12(7)15/h5-7H,2-4H2,1H3. The van der Waals surface area contributed by atoms with Crippen LogP contribution in [0.25, 0.3) is 0 Å². The van der Waals surface area contributed by atoms with E-state index in [2.05, 4.69) is 0 Å². The Labute approximate surface area is 87.1 Å². The van der Waals surface area contributed by atoms with Gasteiger partial charge in [-0.15, -0.1) is 0 Å². The monoisotopic (exact) mass is 210 g/mol. The minimum absolute atomic E-state index is 0.0203. The molecule has 80 valence electrons. The molecule has 3 heteroatoms. The van der Waals surface area contributed by atoms with Crippen LogP contribution in [0.1, 0.15) is 35.7 Å². The molecule has 0 fully saturated rings. The minimum atomic E-state index is -0.588. The zero-order valence-corrected chi connectivity index (χ0v) is 8.52. The molecule has 0 aliphatic heterocycles. The number of hydrogen-bond acceptors (Lipinski definition) is 1. The highest BCUT2D eigenvalue weighted by Crippen LogP contribution is 2.30. The second kappa shape index (κ2) is 3.72. The van der Waals surface area contributed by atoms with Gasteiger partial charge in [0.15, 0.2) is 5.78 Å². The summed E-state index contributed by atoms with van der Waals surface area (Å²) < 4.78 is 26.8. The topological polar surface area (TPSA) is 17.1 Å². The van der Waals surface area contributed by atoms with E-state index in [9.17, 15) is 13.6 Å². The highest BCUT2D eigenvalue weighted by Gasteiger charge is 2.30. The van der Waals surface area contributed by atoms with Crippen molar-refractivity contribution in [1.82, 2.24) is 0 Å². The van der Waals surface area contributed by atoms with Crippen molar-refractivity contribution < 1.29 is 13.6 Å². The summed E-state index contributed by atoms with van der Waals surface area (Å²) in [7, 11) is 0. The molecule has 0 saturated carbocycles. The third-order valence-electron chi connectivity index (χ3n) is 3.06. The largest absolute Gasteiger partial charge is 0.294 e. The van der Waals surface area contributed by atoms with Gasteiger partial charge in [0.2, 0.25) is 0 Å². The molecular weight excluding hydrogens is 198 g/mol. The molecule has 1 nitrogen and oxygen atoms in total. The minimum Gasteiger partial charge on any atom is -0.294 e. The Kier molecular flexibility index (Phi) is 2.55. The maximum Gasteiger partial charge on any atom is 0.169 e. The molecule has 1 unspecified atom stereocenters. The molecule has 0 amide bonds. The molecule has 1 atom stereocenters. The van der Waals surface area contributed by atoms with E-state index in [-0.39, 0.29) is 22.8 Å². The van der Waals surface area contributed by atoms with Crippen molar-refractivity contribution in [2.24, 2.45) is 5.92 Å². The summed E-state index contributed by atoms with van der Waals surface area (Å²) in [6.07, 6.45) is 1.78. The van der Waals surface area contributed by atoms with Crippen LogP contribution in [0.5, 0.6) is 0 Å². The molecule has 0 heterocycles. The van der Waals surface area contributed by atoms with Gasteiger partial charge in [-0.25, -0.2) is 8.78 Å². The fraction of sp³-hybridized carbons (Fsp3) is 0.417. The Hall–Kier alpha value is -1.25. The maximum atomic E-state index is 13.4. The van der Waals surface area contributed by atoms with Crippen molar-refractivity contribution in [1.29, 1.82) is 0 Å². The third kappa shape index (κ3) is 1.56. The average Bonchev–Trinajstić information content (AvgIpc) is 2.23. The van der Waals surface area contributed by atoms with Crippen LogP contribution >= 0.6 is 0 Å². The van der Waals surface area contributed by atoms with Crippen molar-refractivity contribution >= 4 is 5.78 Å². The Morgan fingerprint density at radius 2 is 2.00 bits per heavy atom. The van der Waals surface area contributed by atoms with E-state index < -0.39 is 11.6 Å². The van der Waals surface area contributed by atoms with Crippen LogP contribution < -0.4 is 0 Å². The van der Waals surface area contributed by atoms with E-state index >= 15 is 0 Å². The van der Waals surface area contributed by atoms with Crippen molar-refractivity contribution in [2.75, 3.05) is 0 Å². The maximum absolute atomic E-state index is 13.4. The molecule has 15 heavy (non-hydrogen) atoms. The quantitative estimate of drug-likeness (QED) is 0.696. The number of carbonyl (C=O) groups is 1. The Balaban J connectivity index is 2.55. The van der Waals surface area contributed by atoms with Crippen molar-refractivity contribution in [3.63, 3.8) is 0 Å². The first-order valence-corrected chi connectivity index (χ1v) is 5.16. The molecular formula is C12H12F2O. The van der Waals surface area contributed by atoms with Gasteiger partial charge in [0.1, 0.15) is 11.6 Å². The fourth-order valence-corrected chi connectivity index (χ4v) is 2.15. The molecule has 0 aromatic heterocycles. The fourth-order valence-electron chi connectivity index (χ4n) is 2.15. The van der Waals surface area contributed by atoms with Crippen LogP contribution in [0.15, 0.2) is 12.1 Å². The van der Waals surface area contributed by atoms with E-state index in [1.807, 2.05) is 6.92 Å². The number of halogens is 2. The lowest BCUT2D eigenvalue weighted by Crippen LogP contribution is -2.24. The predicted octanol–water partition coefficient (Wildman–Crippen LogP) is 3.12. The zero-order valence-electron chi connectivity index (χ0n) is 8.52. The van der Waals surface area contributed by atoms with Crippen LogP contribution in [0.3, 0.4) is 0 Å². The van der Waals surface area contributed by atoms with E-state index in [1.165, 1.54) is 0 Å². The van der Waals surface area contributed by atoms with Crippen LogP contribution in [-0.4, -0.2) is 5.78 Å². The molecule has 0 radical (unpaired) electrons. The first kappa shape index (κ1) is 10.3. The van der Waals surface area contributed by atoms with E-state index in [1.54, 1.807) is 0 Å². The van der Waals surface area contributed by atoms with Gasteiger partial charge in [-0.1, -0.05) is 6.92 Å². The third-order valence-corrected chi connectivity index (χ3v) is 3.06. The second-order valence-corrected chi connectivity index (χ2v) is 3.89. The van der Waals surface area contributed by atoms with Gasteiger partial charge in [0.25, 0.3) is 0 Å².